The fourth-order valence-corrected chi connectivity index (χ4v) is 4.04. The Morgan fingerprint density at radius 2 is 2.04 bits per heavy atom. The standard InChI is InChI=1S/C20H18N4O3S/c1-11-6-7-14-16(10-11)28-20(23-14)24-17(25)9-8-15-19(27)21-13-5-3-2-4-12(13)18(26)22-15/h2-7,10,15H,8-9H2,1H3,(H,21,27)(H,22,26)(H,23,24,25)/t15-/m0/s1. The van der Waals surface area contributed by atoms with Crippen LogP contribution in [0.2, 0.25) is 0 Å². The number of carbonyl (C=O) groups is 3. The first-order chi connectivity index (χ1) is 13.5. The second kappa shape index (κ2) is 7.40. The Labute approximate surface area is 165 Å². The molecule has 28 heavy (non-hydrogen) atoms. The fourth-order valence-electron chi connectivity index (χ4n) is 3.06. The molecule has 1 aliphatic rings. The molecule has 7 nitrogen and oxygen atoms in total. The van der Waals surface area contributed by atoms with Crippen LogP contribution in [0.25, 0.3) is 10.2 Å². The third-order valence-corrected chi connectivity index (χ3v) is 5.44. The number of hydrogen-bond donors (Lipinski definition) is 3. The van der Waals surface area contributed by atoms with Gasteiger partial charge in [0.15, 0.2) is 5.13 Å². The summed E-state index contributed by atoms with van der Waals surface area (Å²) in [6.45, 7) is 2.00. The summed E-state index contributed by atoms with van der Waals surface area (Å²) in [5, 5.41) is 8.72. The van der Waals surface area contributed by atoms with Gasteiger partial charge in [0.2, 0.25) is 11.8 Å². The van der Waals surface area contributed by atoms with Crippen molar-refractivity contribution < 1.29 is 14.4 Å². The van der Waals surface area contributed by atoms with E-state index in [2.05, 4.69) is 20.9 Å². The van der Waals surface area contributed by atoms with Crippen LogP contribution in [-0.4, -0.2) is 28.7 Å². The van der Waals surface area contributed by atoms with E-state index >= 15 is 0 Å². The van der Waals surface area contributed by atoms with E-state index in [0.717, 1.165) is 15.8 Å². The summed E-state index contributed by atoms with van der Waals surface area (Å²) < 4.78 is 1.00. The second-order valence-electron chi connectivity index (χ2n) is 6.64. The van der Waals surface area contributed by atoms with Crippen molar-refractivity contribution in [3.05, 3.63) is 53.6 Å². The first kappa shape index (κ1) is 18.1. The van der Waals surface area contributed by atoms with Crippen molar-refractivity contribution in [2.75, 3.05) is 10.6 Å². The van der Waals surface area contributed by atoms with Gasteiger partial charge in [0, 0.05) is 6.42 Å². The Bertz CT molecular complexity index is 1090. The van der Waals surface area contributed by atoms with Gasteiger partial charge in [0.05, 0.1) is 21.5 Å². The van der Waals surface area contributed by atoms with Crippen molar-refractivity contribution in [1.29, 1.82) is 0 Å². The van der Waals surface area contributed by atoms with Crippen LogP contribution in [-0.2, 0) is 9.59 Å². The summed E-state index contributed by atoms with van der Waals surface area (Å²) in [6, 6.07) is 11.9. The summed E-state index contributed by atoms with van der Waals surface area (Å²) in [7, 11) is 0. The van der Waals surface area contributed by atoms with E-state index in [1.54, 1.807) is 24.3 Å². The van der Waals surface area contributed by atoms with Gasteiger partial charge in [-0.1, -0.05) is 29.5 Å². The van der Waals surface area contributed by atoms with E-state index in [-0.39, 0.29) is 30.6 Å². The number of nitrogens with zero attached hydrogens (tertiary/aromatic N) is 1. The number of anilines is 2. The van der Waals surface area contributed by atoms with E-state index in [1.165, 1.54) is 11.3 Å². The van der Waals surface area contributed by atoms with E-state index in [1.807, 2.05) is 25.1 Å². The number of thiazole rings is 1. The average molecular weight is 394 g/mol. The third kappa shape index (κ3) is 3.72. The van der Waals surface area contributed by atoms with Gasteiger partial charge in [0.25, 0.3) is 5.91 Å². The molecule has 3 aromatic rings. The van der Waals surface area contributed by atoms with Crippen molar-refractivity contribution in [2.24, 2.45) is 0 Å². The molecule has 142 valence electrons. The summed E-state index contributed by atoms with van der Waals surface area (Å²) in [5.74, 6) is -0.915. The predicted molar refractivity (Wildman–Crippen MR) is 109 cm³/mol. The Morgan fingerprint density at radius 3 is 2.89 bits per heavy atom. The quantitative estimate of drug-likeness (QED) is 0.633. The largest absolute Gasteiger partial charge is 0.340 e. The number of benzene rings is 2. The molecule has 1 aliphatic heterocycles. The number of fused-ring (bicyclic) bond motifs is 2. The highest BCUT2D eigenvalue weighted by Gasteiger charge is 2.27. The molecule has 1 aromatic heterocycles. The number of rotatable bonds is 4. The number of aromatic nitrogens is 1. The normalized spacial score (nSPS) is 16.1. The molecule has 4 rings (SSSR count). The highest BCUT2D eigenvalue weighted by molar-refractivity contribution is 7.22. The Balaban J connectivity index is 1.39. The molecule has 0 bridgehead atoms. The topological polar surface area (TPSA) is 100 Å². The van der Waals surface area contributed by atoms with Gasteiger partial charge in [-0.25, -0.2) is 4.98 Å². The van der Waals surface area contributed by atoms with Crippen molar-refractivity contribution in [3.8, 4) is 0 Å². The van der Waals surface area contributed by atoms with E-state index in [9.17, 15) is 14.4 Å². The zero-order valence-electron chi connectivity index (χ0n) is 15.1. The summed E-state index contributed by atoms with van der Waals surface area (Å²) in [5.41, 5.74) is 2.85. The van der Waals surface area contributed by atoms with E-state index in [0.29, 0.717) is 16.4 Å². The molecular weight excluding hydrogens is 376 g/mol. The summed E-state index contributed by atoms with van der Waals surface area (Å²) >= 11 is 1.41. The highest BCUT2D eigenvalue weighted by atomic mass is 32.1. The number of aryl methyl sites for hydroxylation is 1. The predicted octanol–water partition coefficient (Wildman–Crippen LogP) is 3.07. The zero-order chi connectivity index (χ0) is 19.7. The van der Waals surface area contributed by atoms with E-state index < -0.39 is 6.04 Å². The van der Waals surface area contributed by atoms with Crippen molar-refractivity contribution in [2.45, 2.75) is 25.8 Å². The number of amides is 3. The SMILES string of the molecule is Cc1ccc2nc(NC(=O)CC[C@@H]3NC(=O)c4ccccc4NC3=O)sc2c1. The van der Waals surface area contributed by atoms with Crippen LogP contribution in [0.4, 0.5) is 10.8 Å². The minimum Gasteiger partial charge on any atom is -0.340 e. The molecular formula is C20H18N4O3S. The first-order valence-corrected chi connectivity index (χ1v) is 9.69. The van der Waals surface area contributed by atoms with Crippen LogP contribution in [0.15, 0.2) is 42.5 Å². The fraction of sp³-hybridized carbons (Fsp3) is 0.200. The molecule has 8 heteroatoms. The molecule has 0 saturated carbocycles. The maximum atomic E-state index is 12.4. The van der Waals surface area contributed by atoms with Gasteiger partial charge in [-0.2, -0.15) is 0 Å². The second-order valence-corrected chi connectivity index (χ2v) is 7.67. The monoisotopic (exact) mass is 394 g/mol. The van der Waals surface area contributed by atoms with Gasteiger partial charge in [0.1, 0.15) is 6.04 Å². The van der Waals surface area contributed by atoms with Crippen LogP contribution in [0, 0.1) is 6.92 Å². The lowest BCUT2D eigenvalue weighted by Gasteiger charge is -2.13. The summed E-state index contributed by atoms with van der Waals surface area (Å²) in [4.78, 5) is 41.4. The third-order valence-electron chi connectivity index (χ3n) is 4.50. The molecule has 2 heterocycles. The number of nitrogens with one attached hydrogen (secondary N) is 3. The van der Waals surface area contributed by atoms with E-state index in [4.69, 9.17) is 0 Å². The van der Waals surface area contributed by atoms with Gasteiger partial charge >= 0.3 is 0 Å². The lowest BCUT2D eigenvalue weighted by atomic mass is 10.1. The van der Waals surface area contributed by atoms with Gasteiger partial charge in [-0.05, 0) is 43.2 Å². The average Bonchev–Trinajstić information content (AvgIpc) is 3.00. The zero-order valence-corrected chi connectivity index (χ0v) is 15.9. The molecule has 0 saturated heterocycles. The molecule has 3 N–H and O–H groups in total. The Morgan fingerprint density at radius 1 is 1.21 bits per heavy atom. The maximum absolute atomic E-state index is 12.4. The smallest absolute Gasteiger partial charge is 0.254 e. The minimum atomic E-state index is -0.774. The van der Waals surface area contributed by atoms with Crippen LogP contribution in [0.3, 0.4) is 0 Å². The number of hydrogen-bond acceptors (Lipinski definition) is 5. The van der Waals surface area contributed by atoms with Crippen LogP contribution < -0.4 is 16.0 Å². The maximum Gasteiger partial charge on any atom is 0.254 e. The van der Waals surface area contributed by atoms with Crippen LogP contribution in [0.1, 0.15) is 28.8 Å². The lowest BCUT2D eigenvalue weighted by Crippen LogP contribution is -2.41. The molecule has 0 unspecified atom stereocenters. The van der Waals surface area contributed by atoms with Crippen molar-refractivity contribution in [1.82, 2.24) is 10.3 Å². The van der Waals surface area contributed by atoms with Crippen LogP contribution in [0.5, 0.6) is 0 Å². The van der Waals surface area contributed by atoms with Gasteiger partial charge in [-0.15, -0.1) is 0 Å². The van der Waals surface area contributed by atoms with Crippen molar-refractivity contribution in [3.63, 3.8) is 0 Å². The van der Waals surface area contributed by atoms with Crippen LogP contribution >= 0.6 is 11.3 Å². The van der Waals surface area contributed by atoms with Gasteiger partial charge < -0.3 is 16.0 Å². The highest BCUT2D eigenvalue weighted by Crippen LogP contribution is 2.27. The molecule has 1 atom stereocenters. The molecule has 0 spiro atoms. The number of para-hydroxylation sites is 1. The molecule has 0 aliphatic carbocycles. The molecule has 0 radical (unpaired) electrons. The van der Waals surface area contributed by atoms with Gasteiger partial charge in [-0.3, -0.25) is 14.4 Å². The Kier molecular flexibility index (Phi) is 4.79. The molecule has 0 fully saturated rings. The summed E-state index contributed by atoms with van der Waals surface area (Å²) in [6.07, 6.45) is 0.283. The lowest BCUT2D eigenvalue weighted by molar-refractivity contribution is -0.118. The molecule has 2 aromatic carbocycles. The minimum absolute atomic E-state index is 0.0870. The van der Waals surface area contributed by atoms with Crippen molar-refractivity contribution >= 4 is 50.1 Å². The Hall–Kier alpha value is -3.26. The first-order valence-electron chi connectivity index (χ1n) is 8.87. The molecule has 3 amide bonds. The number of carbonyl (C=O) groups excluding carboxylic acids is 3.